The van der Waals surface area contributed by atoms with E-state index in [0.717, 1.165) is 0 Å². The maximum absolute atomic E-state index is 11.4. The Morgan fingerprint density at radius 3 is 2.62 bits per heavy atom. The number of hydrogen-bond donors (Lipinski definition) is 0. The van der Waals surface area contributed by atoms with Crippen LogP contribution in [0.25, 0.3) is 0 Å². The SMILES string of the molecule is COC(=O)C1=C[C@H]2C(C(C)=O)=C(C)O[C@H]2O1. The van der Waals surface area contributed by atoms with Crippen molar-refractivity contribution in [3.05, 3.63) is 23.2 Å². The van der Waals surface area contributed by atoms with Crippen LogP contribution in [0.2, 0.25) is 0 Å². The molecule has 0 aromatic carbocycles. The molecule has 2 atom stereocenters. The van der Waals surface area contributed by atoms with E-state index in [1.807, 2.05) is 0 Å². The predicted molar refractivity (Wildman–Crippen MR) is 52.9 cm³/mol. The van der Waals surface area contributed by atoms with Crippen LogP contribution in [0.4, 0.5) is 0 Å². The van der Waals surface area contributed by atoms with Gasteiger partial charge in [-0.15, -0.1) is 0 Å². The molecule has 0 aromatic rings. The molecular formula is C11H12O5. The first-order chi connectivity index (χ1) is 7.54. The van der Waals surface area contributed by atoms with E-state index in [-0.39, 0.29) is 17.5 Å². The average molecular weight is 224 g/mol. The lowest BCUT2D eigenvalue weighted by molar-refractivity contribution is -0.145. The first-order valence-corrected chi connectivity index (χ1v) is 4.89. The number of hydrogen-bond acceptors (Lipinski definition) is 5. The van der Waals surface area contributed by atoms with Crippen LogP contribution in [-0.2, 0) is 23.8 Å². The van der Waals surface area contributed by atoms with Crippen LogP contribution in [0.5, 0.6) is 0 Å². The highest BCUT2D eigenvalue weighted by molar-refractivity contribution is 5.96. The Bertz CT molecular complexity index is 418. The quantitative estimate of drug-likeness (QED) is 0.652. The molecule has 5 heteroatoms. The minimum Gasteiger partial charge on any atom is -0.463 e. The van der Waals surface area contributed by atoms with Gasteiger partial charge in [0.15, 0.2) is 5.78 Å². The molecule has 0 saturated carbocycles. The molecule has 0 aliphatic carbocycles. The summed E-state index contributed by atoms with van der Waals surface area (Å²) in [5, 5.41) is 0. The number of carbonyl (C=O) groups is 2. The number of allylic oxidation sites excluding steroid dienone is 1. The van der Waals surface area contributed by atoms with E-state index in [1.165, 1.54) is 14.0 Å². The van der Waals surface area contributed by atoms with Gasteiger partial charge in [0.1, 0.15) is 5.76 Å². The van der Waals surface area contributed by atoms with E-state index in [9.17, 15) is 9.59 Å². The molecule has 0 radical (unpaired) electrons. The number of methoxy groups -OCH3 is 1. The second-order valence-electron chi connectivity index (χ2n) is 3.68. The lowest BCUT2D eigenvalue weighted by Gasteiger charge is -2.11. The van der Waals surface area contributed by atoms with Gasteiger partial charge in [-0.25, -0.2) is 4.79 Å². The van der Waals surface area contributed by atoms with Crippen LogP contribution in [-0.4, -0.2) is 25.2 Å². The maximum atomic E-state index is 11.4. The molecule has 2 aliphatic rings. The number of rotatable bonds is 2. The Kier molecular flexibility index (Phi) is 2.46. The van der Waals surface area contributed by atoms with Crippen molar-refractivity contribution in [2.75, 3.05) is 7.11 Å². The molecule has 0 fully saturated rings. The van der Waals surface area contributed by atoms with E-state index in [0.29, 0.717) is 11.3 Å². The number of ether oxygens (including phenoxy) is 3. The van der Waals surface area contributed by atoms with Gasteiger partial charge in [-0.3, -0.25) is 4.79 Å². The first-order valence-electron chi connectivity index (χ1n) is 4.89. The molecule has 2 heterocycles. The highest BCUT2D eigenvalue weighted by Crippen LogP contribution is 2.39. The van der Waals surface area contributed by atoms with Crippen LogP contribution >= 0.6 is 0 Å². The lowest BCUT2D eigenvalue weighted by Crippen LogP contribution is -2.17. The van der Waals surface area contributed by atoms with Crippen molar-refractivity contribution < 1.29 is 23.8 Å². The van der Waals surface area contributed by atoms with E-state index < -0.39 is 12.3 Å². The Hall–Kier alpha value is -1.78. The molecule has 0 unspecified atom stereocenters. The van der Waals surface area contributed by atoms with Crippen LogP contribution < -0.4 is 0 Å². The van der Waals surface area contributed by atoms with Gasteiger partial charge in [0.25, 0.3) is 6.29 Å². The van der Waals surface area contributed by atoms with E-state index in [4.69, 9.17) is 9.47 Å². The smallest absolute Gasteiger partial charge is 0.373 e. The molecule has 0 bridgehead atoms. The highest BCUT2D eigenvalue weighted by atomic mass is 16.7. The number of esters is 1. The zero-order valence-corrected chi connectivity index (χ0v) is 9.27. The Morgan fingerprint density at radius 1 is 1.38 bits per heavy atom. The fourth-order valence-corrected chi connectivity index (χ4v) is 1.97. The van der Waals surface area contributed by atoms with Crippen molar-refractivity contribution in [1.82, 2.24) is 0 Å². The first kappa shape index (κ1) is 10.7. The van der Waals surface area contributed by atoms with Crippen molar-refractivity contribution >= 4 is 11.8 Å². The molecule has 2 aliphatic heterocycles. The summed E-state index contributed by atoms with van der Waals surface area (Å²) in [5.74, 6) is -0.271. The van der Waals surface area contributed by atoms with Gasteiger partial charge in [-0.05, 0) is 19.9 Å². The van der Waals surface area contributed by atoms with E-state index in [2.05, 4.69) is 4.74 Å². The Morgan fingerprint density at radius 2 is 2.06 bits per heavy atom. The normalized spacial score (nSPS) is 26.8. The summed E-state index contributed by atoms with van der Waals surface area (Å²) in [6.45, 7) is 3.18. The third kappa shape index (κ3) is 1.48. The van der Waals surface area contributed by atoms with Crippen molar-refractivity contribution in [2.24, 2.45) is 5.92 Å². The summed E-state index contributed by atoms with van der Waals surface area (Å²) in [6.07, 6.45) is 0.969. The molecule has 0 aromatic heterocycles. The Balaban J connectivity index is 2.28. The van der Waals surface area contributed by atoms with Crippen LogP contribution in [0.1, 0.15) is 13.8 Å². The van der Waals surface area contributed by atoms with Crippen LogP contribution in [0, 0.1) is 5.92 Å². The monoisotopic (exact) mass is 224 g/mol. The average Bonchev–Trinajstić information content (AvgIpc) is 2.71. The number of ketones is 1. The minimum absolute atomic E-state index is 0.0732. The number of carbonyl (C=O) groups excluding carboxylic acids is 2. The van der Waals surface area contributed by atoms with Crippen LogP contribution in [0.15, 0.2) is 23.2 Å². The van der Waals surface area contributed by atoms with Gasteiger partial charge < -0.3 is 14.2 Å². The molecule has 5 nitrogen and oxygen atoms in total. The highest BCUT2D eigenvalue weighted by Gasteiger charge is 2.43. The fraction of sp³-hybridized carbons (Fsp3) is 0.455. The Labute approximate surface area is 92.7 Å². The number of fused-ring (bicyclic) bond motifs is 1. The largest absolute Gasteiger partial charge is 0.463 e. The van der Waals surface area contributed by atoms with Gasteiger partial charge in [0.05, 0.1) is 13.0 Å². The molecule has 0 N–H and O–H groups in total. The maximum Gasteiger partial charge on any atom is 0.373 e. The standard InChI is InChI=1S/C11H12O5/c1-5(12)9-6(2)15-11-7(9)4-8(16-11)10(13)14-3/h4,7,11H,1-3H3/t7-,11-/m0/s1. The zero-order chi connectivity index (χ0) is 11.9. The van der Waals surface area contributed by atoms with Crippen molar-refractivity contribution in [2.45, 2.75) is 20.1 Å². The van der Waals surface area contributed by atoms with E-state index >= 15 is 0 Å². The van der Waals surface area contributed by atoms with Gasteiger partial charge in [0.2, 0.25) is 5.76 Å². The van der Waals surface area contributed by atoms with Gasteiger partial charge in [-0.2, -0.15) is 0 Å². The van der Waals surface area contributed by atoms with E-state index in [1.54, 1.807) is 13.0 Å². The molecule has 0 saturated heterocycles. The molecule has 16 heavy (non-hydrogen) atoms. The third-order valence-corrected chi connectivity index (χ3v) is 2.64. The summed E-state index contributed by atoms with van der Waals surface area (Å²) >= 11 is 0. The second kappa shape index (κ2) is 3.66. The summed E-state index contributed by atoms with van der Waals surface area (Å²) in [7, 11) is 1.27. The molecule has 0 spiro atoms. The molecule has 0 amide bonds. The third-order valence-electron chi connectivity index (χ3n) is 2.64. The minimum atomic E-state index is -0.604. The fourth-order valence-electron chi connectivity index (χ4n) is 1.97. The number of Topliss-reactive ketones (excluding diaryl/α,β-unsaturated/α-hetero) is 1. The van der Waals surface area contributed by atoms with Gasteiger partial charge in [0, 0.05) is 5.57 Å². The lowest BCUT2D eigenvalue weighted by atomic mass is 9.97. The van der Waals surface area contributed by atoms with Crippen molar-refractivity contribution in [3.8, 4) is 0 Å². The summed E-state index contributed by atoms with van der Waals surface area (Å²) < 4.78 is 15.2. The van der Waals surface area contributed by atoms with Crippen molar-refractivity contribution in [1.29, 1.82) is 0 Å². The molecule has 86 valence electrons. The molecular weight excluding hydrogens is 212 g/mol. The second-order valence-corrected chi connectivity index (χ2v) is 3.68. The van der Waals surface area contributed by atoms with Gasteiger partial charge in [-0.1, -0.05) is 0 Å². The predicted octanol–water partition coefficient (Wildman–Crippen LogP) is 0.909. The topological polar surface area (TPSA) is 61.8 Å². The van der Waals surface area contributed by atoms with Crippen molar-refractivity contribution in [3.63, 3.8) is 0 Å². The summed E-state index contributed by atoms with van der Waals surface area (Å²) in [5.41, 5.74) is 0.559. The molecule has 2 rings (SSSR count). The zero-order valence-electron chi connectivity index (χ0n) is 9.27. The summed E-state index contributed by atoms with van der Waals surface area (Å²) in [4.78, 5) is 22.6. The van der Waals surface area contributed by atoms with Gasteiger partial charge >= 0.3 is 5.97 Å². The summed E-state index contributed by atoms with van der Waals surface area (Å²) in [6, 6.07) is 0. The van der Waals surface area contributed by atoms with Crippen LogP contribution in [0.3, 0.4) is 0 Å².